The van der Waals surface area contributed by atoms with Crippen LogP contribution in [0.2, 0.25) is 0 Å². The fraction of sp³-hybridized carbons (Fsp3) is 0.556. The van der Waals surface area contributed by atoms with E-state index >= 15 is 0 Å². The van der Waals surface area contributed by atoms with Crippen LogP contribution in [-0.2, 0) is 4.74 Å². The van der Waals surface area contributed by atoms with Crippen LogP contribution in [-0.4, -0.2) is 65.8 Å². The summed E-state index contributed by atoms with van der Waals surface area (Å²) in [6.07, 6.45) is -2.42. The maximum atomic E-state index is 9.81. The first-order chi connectivity index (χ1) is 8.04. The van der Waals surface area contributed by atoms with Gasteiger partial charge in [-0.15, -0.1) is 0 Å². The first kappa shape index (κ1) is 12.7. The van der Waals surface area contributed by atoms with Crippen LogP contribution < -0.4 is 10.2 Å². The molecule has 1 aromatic rings. The van der Waals surface area contributed by atoms with E-state index in [0.29, 0.717) is 4.72 Å². The summed E-state index contributed by atoms with van der Waals surface area (Å²) in [6, 6.07) is 1.44. The number of nitrogens with zero attached hydrogens (tertiary/aromatic N) is 2. The Morgan fingerprint density at radius 1 is 1.47 bits per heavy atom. The predicted octanol–water partition coefficient (Wildman–Crippen LogP) is -3.23. The average molecular weight is 305 g/mol. The van der Waals surface area contributed by atoms with Gasteiger partial charge in [0, 0.05) is 0 Å². The van der Waals surface area contributed by atoms with Gasteiger partial charge in [-0.3, -0.25) is 0 Å². The van der Waals surface area contributed by atoms with E-state index in [1.54, 1.807) is 0 Å². The second-order valence-corrected chi connectivity index (χ2v) is 4.50. The molecule has 0 aliphatic carbocycles. The number of hydrogen-bond acceptors (Lipinski definition) is 6. The summed E-state index contributed by atoms with van der Waals surface area (Å²) in [7, 11) is 0. The summed E-state index contributed by atoms with van der Waals surface area (Å²) < 4.78 is 7.18. The van der Waals surface area contributed by atoms with E-state index in [2.05, 4.69) is 21.0 Å². The van der Waals surface area contributed by atoms with Gasteiger partial charge in [0.15, 0.2) is 0 Å². The fourth-order valence-electron chi connectivity index (χ4n) is 1.72. The van der Waals surface area contributed by atoms with Gasteiger partial charge in [0.1, 0.15) is 0 Å². The van der Waals surface area contributed by atoms with Gasteiger partial charge in [-0.25, -0.2) is 0 Å². The van der Waals surface area contributed by atoms with Gasteiger partial charge in [-0.2, -0.15) is 0 Å². The molecule has 0 spiro atoms. The first-order valence-electron chi connectivity index (χ1n) is 4.98. The fourth-order valence-corrected chi connectivity index (χ4v) is 2.27. The quantitative estimate of drug-likeness (QED) is 0.429. The molecule has 1 aliphatic heterocycles. The van der Waals surface area contributed by atoms with E-state index in [1.165, 1.54) is 16.8 Å². The molecule has 1 aliphatic rings. The van der Waals surface area contributed by atoms with E-state index in [0.717, 1.165) is 0 Å². The molecule has 0 aromatic carbocycles. The Balaban J connectivity index is 2.32. The summed E-state index contributed by atoms with van der Waals surface area (Å²) >= 11 is 2.65. The molecule has 1 radical (unpaired) electrons. The van der Waals surface area contributed by atoms with E-state index in [9.17, 15) is 10.2 Å². The molecule has 1 saturated heterocycles. The van der Waals surface area contributed by atoms with Crippen LogP contribution >= 0.6 is 0 Å². The van der Waals surface area contributed by atoms with Crippen molar-refractivity contribution < 1.29 is 20.1 Å². The molecule has 93 valence electrons. The van der Waals surface area contributed by atoms with Crippen LogP contribution in [0.25, 0.3) is 0 Å². The van der Waals surface area contributed by atoms with Crippen LogP contribution in [0.1, 0.15) is 6.23 Å². The molecule has 1 fully saturated rings. The van der Waals surface area contributed by atoms with Crippen molar-refractivity contribution in [2.75, 3.05) is 6.61 Å². The van der Waals surface area contributed by atoms with Crippen LogP contribution in [0.5, 0.6) is 0 Å². The number of rotatable bonds is 2. The first-order valence-corrected chi connectivity index (χ1v) is 5.83. The van der Waals surface area contributed by atoms with Crippen molar-refractivity contribution in [3.63, 3.8) is 0 Å². The molecule has 0 unspecified atom stereocenters. The standard InChI is InChI=1S/C9H12N3O4Se/c10-5-1-2-12(9(17)11-5)8-7(15)6(14)4(3-13)16-8/h1-2,4,6-8,10,13-15H,3H2/t4-,6-,7-,8-/m1/s1. The predicted molar refractivity (Wildman–Crippen MR) is 56.5 cm³/mol. The molecule has 4 N–H and O–H groups in total. The molecule has 0 amide bonds. The molecule has 2 rings (SSSR count). The number of aliphatic hydroxyl groups is 3. The van der Waals surface area contributed by atoms with Crippen molar-refractivity contribution in [3.8, 4) is 0 Å². The zero-order chi connectivity index (χ0) is 12.6. The minimum absolute atomic E-state index is 0.0849. The maximum absolute atomic E-state index is 9.81. The normalized spacial score (nSPS) is 32.9. The minimum atomic E-state index is -1.15. The Labute approximate surface area is 105 Å². The van der Waals surface area contributed by atoms with Gasteiger partial charge in [0.05, 0.1) is 0 Å². The monoisotopic (exact) mass is 306 g/mol. The average Bonchev–Trinajstić information content (AvgIpc) is 2.57. The van der Waals surface area contributed by atoms with Gasteiger partial charge in [0.2, 0.25) is 0 Å². The van der Waals surface area contributed by atoms with Crippen molar-refractivity contribution in [3.05, 3.63) is 17.8 Å². The van der Waals surface area contributed by atoms with Crippen molar-refractivity contribution in [2.45, 2.75) is 24.5 Å². The molecule has 2 heterocycles. The van der Waals surface area contributed by atoms with Crippen LogP contribution in [0.15, 0.2) is 12.3 Å². The molecule has 1 aromatic heterocycles. The number of aliphatic hydroxyl groups excluding tert-OH is 3. The van der Waals surface area contributed by atoms with Crippen molar-refractivity contribution >= 4 is 20.7 Å². The Morgan fingerprint density at radius 3 is 2.71 bits per heavy atom. The Bertz CT molecular complexity index is 466. The van der Waals surface area contributed by atoms with Crippen molar-refractivity contribution in [1.82, 2.24) is 9.55 Å². The molecular formula is C9H12N3O4Se. The molecule has 8 heteroatoms. The molecule has 0 saturated carbocycles. The van der Waals surface area contributed by atoms with Crippen LogP contribution in [0, 0.1) is 5.41 Å². The SMILES string of the molecule is N=c1ccn([C@@H]2O[C@H](CO)[C@@H](O)[C@H]2O)c([Se])n1. The number of nitrogens with one attached hydrogen (secondary N) is 1. The van der Waals surface area contributed by atoms with Gasteiger partial charge in [-0.1, -0.05) is 0 Å². The number of hydrogen-bond donors (Lipinski definition) is 4. The summed E-state index contributed by atoms with van der Waals surface area (Å²) in [5, 5.41) is 35.7. The number of ether oxygens (including phenoxy) is 1. The Kier molecular flexibility index (Phi) is 3.62. The third-order valence-electron chi connectivity index (χ3n) is 2.62. The zero-order valence-electron chi connectivity index (χ0n) is 8.72. The van der Waals surface area contributed by atoms with Gasteiger partial charge in [-0.05, 0) is 0 Å². The molecule has 7 nitrogen and oxygen atoms in total. The zero-order valence-corrected chi connectivity index (χ0v) is 10.4. The molecule has 0 bridgehead atoms. The summed E-state index contributed by atoms with van der Waals surface area (Å²) in [5.41, 5.74) is 0.0849. The second kappa shape index (κ2) is 4.85. The van der Waals surface area contributed by atoms with E-state index < -0.39 is 24.5 Å². The van der Waals surface area contributed by atoms with E-state index in [1.807, 2.05) is 0 Å². The van der Waals surface area contributed by atoms with Gasteiger partial charge >= 0.3 is 105 Å². The van der Waals surface area contributed by atoms with E-state index in [4.69, 9.17) is 15.3 Å². The van der Waals surface area contributed by atoms with Gasteiger partial charge < -0.3 is 0 Å². The summed E-state index contributed by atoms with van der Waals surface area (Å²) in [6.45, 7) is -0.373. The van der Waals surface area contributed by atoms with Crippen molar-refractivity contribution in [1.29, 1.82) is 5.41 Å². The van der Waals surface area contributed by atoms with Crippen molar-refractivity contribution in [2.24, 2.45) is 0 Å². The van der Waals surface area contributed by atoms with Crippen LogP contribution in [0.4, 0.5) is 0 Å². The second-order valence-electron chi connectivity index (χ2n) is 3.73. The summed E-state index contributed by atoms with van der Waals surface area (Å²) in [4.78, 5) is 3.87. The molecular weight excluding hydrogens is 293 g/mol. The topological polar surface area (TPSA) is 112 Å². The van der Waals surface area contributed by atoms with E-state index in [-0.39, 0.29) is 12.1 Å². The van der Waals surface area contributed by atoms with Crippen LogP contribution in [0.3, 0.4) is 0 Å². The van der Waals surface area contributed by atoms with Gasteiger partial charge in [0.25, 0.3) is 0 Å². The third-order valence-corrected chi connectivity index (χ3v) is 3.26. The Hall–Kier alpha value is -0.761. The number of aromatic nitrogens is 2. The Morgan fingerprint density at radius 2 is 2.18 bits per heavy atom. The molecule has 4 atom stereocenters. The third kappa shape index (κ3) is 2.28. The molecule has 17 heavy (non-hydrogen) atoms. The summed E-state index contributed by atoms with van der Waals surface area (Å²) in [5.74, 6) is 0.